The van der Waals surface area contributed by atoms with E-state index in [0.717, 1.165) is 16.6 Å². The Morgan fingerprint density at radius 2 is 1.89 bits per heavy atom. The van der Waals surface area contributed by atoms with Crippen LogP contribution in [0.5, 0.6) is 0 Å². The first-order chi connectivity index (χ1) is 13.1. The van der Waals surface area contributed by atoms with Gasteiger partial charge in [0.25, 0.3) is 5.89 Å². The number of hydrogen-bond acceptors (Lipinski definition) is 6. The zero-order valence-electron chi connectivity index (χ0n) is 14.3. The molecule has 6 nitrogen and oxygen atoms in total. The SMILES string of the molecule is Cc1cc(C(=O)OCc2nc(-c3ccccc3Cl)no2)c2ccccc2n1. The van der Waals surface area contributed by atoms with Gasteiger partial charge in [-0.25, -0.2) is 4.79 Å². The maximum Gasteiger partial charge on any atom is 0.339 e. The van der Waals surface area contributed by atoms with Crippen LogP contribution in [0.1, 0.15) is 21.9 Å². The second-order valence-electron chi connectivity index (χ2n) is 5.90. The van der Waals surface area contributed by atoms with E-state index in [4.69, 9.17) is 20.9 Å². The topological polar surface area (TPSA) is 78.1 Å². The van der Waals surface area contributed by atoms with Gasteiger partial charge in [0.2, 0.25) is 5.82 Å². The molecule has 0 spiro atoms. The average molecular weight is 380 g/mol. The predicted molar refractivity (Wildman–Crippen MR) is 100 cm³/mol. The molecule has 0 atom stereocenters. The Kier molecular flexibility index (Phi) is 4.56. The molecule has 0 unspecified atom stereocenters. The molecular formula is C20H14ClN3O3. The maximum atomic E-state index is 12.6. The van der Waals surface area contributed by atoms with E-state index < -0.39 is 5.97 Å². The van der Waals surface area contributed by atoms with Crippen molar-refractivity contribution in [3.05, 3.63) is 76.8 Å². The van der Waals surface area contributed by atoms with Crippen molar-refractivity contribution < 1.29 is 14.1 Å². The van der Waals surface area contributed by atoms with Crippen molar-refractivity contribution in [2.75, 3.05) is 0 Å². The van der Waals surface area contributed by atoms with Crippen molar-refractivity contribution in [2.45, 2.75) is 13.5 Å². The van der Waals surface area contributed by atoms with Crippen LogP contribution in [0, 0.1) is 6.92 Å². The molecule has 7 heteroatoms. The van der Waals surface area contributed by atoms with Crippen LogP contribution in [0.15, 0.2) is 59.1 Å². The van der Waals surface area contributed by atoms with Crippen molar-refractivity contribution in [1.82, 2.24) is 15.1 Å². The van der Waals surface area contributed by atoms with Crippen LogP contribution < -0.4 is 0 Å². The first-order valence-electron chi connectivity index (χ1n) is 8.23. The summed E-state index contributed by atoms with van der Waals surface area (Å²) in [5, 5.41) is 5.14. The van der Waals surface area contributed by atoms with E-state index >= 15 is 0 Å². The van der Waals surface area contributed by atoms with Crippen LogP contribution >= 0.6 is 11.6 Å². The number of aromatic nitrogens is 3. The Balaban J connectivity index is 1.53. The molecule has 0 fully saturated rings. The van der Waals surface area contributed by atoms with Crippen molar-refractivity contribution in [3.8, 4) is 11.4 Å². The fraction of sp³-hybridized carbons (Fsp3) is 0.100. The second-order valence-corrected chi connectivity index (χ2v) is 6.30. The molecule has 27 heavy (non-hydrogen) atoms. The fourth-order valence-electron chi connectivity index (χ4n) is 2.75. The normalized spacial score (nSPS) is 10.9. The zero-order chi connectivity index (χ0) is 18.8. The first kappa shape index (κ1) is 17.2. The number of pyridine rings is 1. The van der Waals surface area contributed by atoms with Crippen LogP contribution in [0.2, 0.25) is 5.02 Å². The molecule has 0 N–H and O–H groups in total. The number of nitrogens with zero attached hydrogens (tertiary/aromatic N) is 3. The summed E-state index contributed by atoms with van der Waals surface area (Å²) < 4.78 is 10.5. The van der Waals surface area contributed by atoms with Gasteiger partial charge in [-0.05, 0) is 31.2 Å². The number of carbonyl (C=O) groups excluding carboxylic acids is 1. The number of fused-ring (bicyclic) bond motifs is 1. The number of benzene rings is 2. The van der Waals surface area contributed by atoms with Crippen molar-refractivity contribution in [1.29, 1.82) is 0 Å². The van der Waals surface area contributed by atoms with Gasteiger partial charge in [-0.2, -0.15) is 4.98 Å². The van der Waals surface area contributed by atoms with Crippen LogP contribution in [0.4, 0.5) is 0 Å². The smallest absolute Gasteiger partial charge is 0.339 e. The standard InChI is InChI=1S/C20H14ClN3O3/c1-12-10-15(13-6-3-5-9-17(13)22-12)20(25)26-11-18-23-19(24-27-18)14-7-2-4-8-16(14)21/h2-10H,11H2,1H3. The largest absolute Gasteiger partial charge is 0.452 e. The highest BCUT2D eigenvalue weighted by molar-refractivity contribution is 6.33. The third-order valence-corrected chi connectivity index (χ3v) is 4.30. The highest BCUT2D eigenvalue weighted by atomic mass is 35.5. The molecule has 134 valence electrons. The summed E-state index contributed by atoms with van der Waals surface area (Å²) in [5.74, 6) is 0.0550. The Morgan fingerprint density at radius 1 is 1.11 bits per heavy atom. The molecule has 2 aromatic heterocycles. The number of halogens is 1. The molecule has 0 aliphatic heterocycles. The molecule has 0 saturated carbocycles. The monoisotopic (exact) mass is 379 g/mol. The lowest BCUT2D eigenvalue weighted by atomic mass is 10.1. The fourth-order valence-corrected chi connectivity index (χ4v) is 2.97. The Morgan fingerprint density at radius 3 is 2.74 bits per heavy atom. The maximum absolute atomic E-state index is 12.6. The quantitative estimate of drug-likeness (QED) is 0.482. The summed E-state index contributed by atoms with van der Waals surface area (Å²) in [7, 11) is 0. The van der Waals surface area contributed by atoms with Gasteiger partial charge in [-0.15, -0.1) is 0 Å². The Hall–Kier alpha value is -3.25. The van der Waals surface area contributed by atoms with Gasteiger partial charge in [0.1, 0.15) is 0 Å². The summed E-state index contributed by atoms with van der Waals surface area (Å²) in [6.07, 6.45) is 0. The summed E-state index contributed by atoms with van der Waals surface area (Å²) in [6, 6.07) is 16.3. The molecule has 0 saturated heterocycles. The van der Waals surface area contributed by atoms with Crippen molar-refractivity contribution in [2.24, 2.45) is 0 Å². The molecule has 2 heterocycles. The van der Waals surface area contributed by atoms with Crippen molar-refractivity contribution in [3.63, 3.8) is 0 Å². The van der Waals surface area contributed by atoms with E-state index in [1.54, 1.807) is 18.2 Å². The number of rotatable bonds is 4. The number of para-hydroxylation sites is 1. The van der Waals surface area contributed by atoms with Crippen LogP contribution in [0.25, 0.3) is 22.3 Å². The van der Waals surface area contributed by atoms with E-state index in [-0.39, 0.29) is 12.5 Å². The van der Waals surface area contributed by atoms with E-state index in [1.807, 2.05) is 43.3 Å². The highest BCUT2D eigenvalue weighted by Gasteiger charge is 2.16. The van der Waals surface area contributed by atoms with Gasteiger partial charge in [0.15, 0.2) is 6.61 Å². The van der Waals surface area contributed by atoms with Crippen LogP contribution in [-0.4, -0.2) is 21.1 Å². The molecule has 0 aliphatic carbocycles. The minimum atomic E-state index is -0.478. The average Bonchev–Trinajstić information content (AvgIpc) is 3.14. The molecule has 0 amide bonds. The van der Waals surface area contributed by atoms with Crippen LogP contribution in [0.3, 0.4) is 0 Å². The van der Waals surface area contributed by atoms with E-state index in [2.05, 4.69) is 15.1 Å². The lowest BCUT2D eigenvalue weighted by Crippen LogP contribution is -2.07. The van der Waals surface area contributed by atoms with E-state index in [9.17, 15) is 4.79 Å². The number of hydrogen-bond donors (Lipinski definition) is 0. The van der Waals surface area contributed by atoms with Gasteiger partial charge in [-0.3, -0.25) is 4.98 Å². The number of aryl methyl sites for hydroxylation is 1. The third kappa shape index (κ3) is 3.52. The first-order valence-corrected chi connectivity index (χ1v) is 8.60. The summed E-state index contributed by atoms with van der Waals surface area (Å²) >= 11 is 6.13. The summed E-state index contributed by atoms with van der Waals surface area (Å²) in [5.41, 5.74) is 2.57. The van der Waals surface area contributed by atoms with Gasteiger partial charge in [-0.1, -0.05) is 47.1 Å². The van der Waals surface area contributed by atoms with E-state index in [1.165, 1.54) is 0 Å². The third-order valence-electron chi connectivity index (χ3n) is 3.97. The molecule has 0 aliphatic rings. The number of ether oxygens (including phenoxy) is 1. The van der Waals surface area contributed by atoms with Gasteiger partial charge >= 0.3 is 5.97 Å². The highest BCUT2D eigenvalue weighted by Crippen LogP contribution is 2.25. The molecular weight excluding hydrogens is 366 g/mol. The molecule has 2 aromatic carbocycles. The second kappa shape index (κ2) is 7.17. The molecule has 0 radical (unpaired) electrons. The van der Waals surface area contributed by atoms with Crippen LogP contribution in [-0.2, 0) is 11.3 Å². The number of esters is 1. The summed E-state index contributed by atoms with van der Waals surface area (Å²) in [4.78, 5) is 21.2. The molecule has 0 bridgehead atoms. The van der Waals surface area contributed by atoms with Gasteiger partial charge in [0, 0.05) is 16.6 Å². The van der Waals surface area contributed by atoms with Gasteiger partial charge < -0.3 is 9.26 Å². The lowest BCUT2D eigenvalue weighted by Gasteiger charge is -2.07. The predicted octanol–water partition coefficient (Wildman–Crippen LogP) is 4.60. The zero-order valence-corrected chi connectivity index (χ0v) is 15.1. The van der Waals surface area contributed by atoms with E-state index in [0.29, 0.717) is 22.0 Å². The Bertz CT molecular complexity index is 1140. The van der Waals surface area contributed by atoms with Gasteiger partial charge in [0.05, 0.1) is 16.1 Å². The minimum absolute atomic E-state index is 0.133. The summed E-state index contributed by atoms with van der Waals surface area (Å²) in [6.45, 7) is 1.70. The Labute approximate surface area is 159 Å². The lowest BCUT2D eigenvalue weighted by molar-refractivity contribution is 0.0432. The minimum Gasteiger partial charge on any atom is -0.452 e. The molecule has 4 rings (SSSR count). The number of carbonyl (C=O) groups is 1. The van der Waals surface area contributed by atoms with Crippen molar-refractivity contribution >= 4 is 28.5 Å². The molecule has 4 aromatic rings.